The zero-order valence-corrected chi connectivity index (χ0v) is 11.2. The summed E-state index contributed by atoms with van der Waals surface area (Å²) >= 11 is 0. The van der Waals surface area contributed by atoms with Crippen LogP contribution in [-0.4, -0.2) is 29.7 Å². The number of ether oxygens (including phenoxy) is 1. The predicted molar refractivity (Wildman–Crippen MR) is 69.7 cm³/mol. The van der Waals surface area contributed by atoms with Crippen LogP contribution in [0.5, 0.6) is 0 Å². The van der Waals surface area contributed by atoms with E-state index in [0.29, 0.717) is 11.8 Å². The van der Waals surface area contributed by atoms with Gasteiger partial charge in [0.25, 0.3) is 0 Å². The van der Waals surface area contributed by atoms with E-state index in [9.17, 15) is 0 Å². The van der Waals surface area contributed by atoms with E-state index in [-0.39, 0.29) is 0 Å². The maximum Gasteiger partial charge on any atom is 0.134 e. The topological polar surface area (TPSA) is 47.0 Å². The lowest BCUT2D eigenvalue weighted by Crippen LogP contribution is -2.28. The van der Waals surface area contributed by atoms with Gasteiger partial charge in [-0.05, 0) is 12.3 Å². The Morgan fingerprint density at radius 2 is 2.22 bits per heavy atom. The highest BCUT2D eigenvalue weighted by atomic mass is 16.5. The van der Waals surface area contributed by atoms with E-state index < -0.39 is 0 Å². The maximum atomic E-state index is 5.46. The third-order valence-corrected chi connectivity index (χ3v) is 3.82. The molecule has 98 valence electrons. The highest BCUT2D eigenvalue weighted by Crippen LogP contribution is 2.28. The third-order valence-electron chi connectivity index (χ3n) is 3.82. The van der Waals surface area contributed by atoms with Crippen molar-refractivity contribution in [2.24, 2.45) is 0 Å². The number of hydrogen-bond acceptors (Lipinski definition) is 4. The number of fused-ring (bicyclic) bond motifs is 1. The summed E-state index contributed by atoms with van der Waals surface area (Å²) in [6.07, 6.45) is 2.09. The third kappa shape index (κ3) is 2.15. The molecule has 4 nitrogen and oxygen atoms in total. The summed E-state index contributed by atoms with van der Waals surface area (Å²) in [5.41, 5.74) is 3.82. The molecular formula is C14H21N3O. The summed E-state index contributed by atoms with van der Waals surface area (Å²) in [7, 11) is 0. The van der Waals surface area contributed by atoms with Gasteiger partial charge in [0.1, 0.15) is 5.82 Å². The molecule has 0 saturated carbocycles. The molecule has 0 amide bonds. The van der Waals surface area contributed by atoms with Crippen LogP contribution < -0.4 is 5.32 Å². The van der Waals surface area contributed by atoms with Gasteiger partial charge in [0, 0.05) is 37.6 Å². The zero-order chi connectivity index (χ0) is 12.5. The molecule has 1 aromatic heterocycles. The van der Waals surface area contributed by atoms with Crippen LogP contribution in [0.4, 0.5) is 0 Å². The zero-order valence-electron chi connectivity index (χ0n) is 11.2. The minimum absolute atomic E-state index is 0.405. The fraction of sp³-hybridized carbons (Fsp3) is 0.714. The van der Waals surface area contributed by atoms with Crippen LogP contribution in [-0.2, 0) is 17.7 Å². The van der Waals surface area contributed by atoms with Gasteiger partial charge in [0.05, 0.1) is 18.0 Å². The number of aromatic nitrogens is 2. The molecule has 1 N–H and O–H groups in total. The number of rotatable bonds is 2. The lowest BCUT2D eigenvalue weighted by molar-refractivity contribution is 0.193. The van der Waals surface area contributed by atoms with Crippen molar-refractivity contribution in [3.63, 3.8) is 0 Å². The van der Waals surface area contributed by atoms with Crippen molar-refractivity contribution in [2.75, 3.05) is 19.8 Å². The van der Waals surface area contributed by atoms with Crippen LogP contribution >= 0.6 is 0 Å². The molecule has 0 bridgehead atoms. The number of nitrogens with one attached hydrogen (secondary N) is 1. The van der Waals surface area contributed by atoms with E-state index in [4.69, 9.17) is 14.7 Å². The van der Waals surface area contributed by atoms with Crippen LogP contribution in [0.2, 0.25) is 0 Å². The lowest BCUT2D eigenvalue weighted by Gasteiger charge is -2.22. The summed E-state index contributed by atoms with van der Waals surface area (Å²) in [5.74, 6) is 1.88. The normalized spacial score (nSPS) is 23.4. The van der Waals surface area contributed by atoms with Crippen molar-refractivity contribution in [1.82, 2.24) is 15.3 Å². The van der Waals surface area contributed by atoms with Crippen LogP contribution in [0.15, 0.2) is 0 Å². The Labute approximate surface area is 108 Å². The minimum Gasteiger partial charge on any atom is -0.381 e. The smallest absolute Gasteiger partial charge is 0.134 e. The first-order valence-corrected chi connectivity index (χ1v) is 6.93. The minimum atomic E-state index is 0.405. The van der Waals surface area contributed by atoms with Gasteiger partial charge in [0.15, 0.2) is 0 Å². The average molecular weight is 247 g/mol. The number of hydrogen-bond donors (Lipinski definition) is 1. The summed E-state index contributed by atoms with van der Waals surface area (Å²) in [6.45, 7) is 8.02. The molecule has 1 fully saturated rings. The van der Waals surface area contributed by atoms with E-state index >= 15 is 0 Å². The second kappa shape index (κ2) is 4.94. The molecule has 0 aromatic carbocycles. The Balaban J connectivity index is 2.03. The Kier molecular flexibility index (Phi) is 3.31. The summed E-state index contributed by atoms with van der Waals surface area (Å²) in [6, 6.07) is 0. The van der Waals surface area contributed by atoms with Crippen LogP contribution in [0.3, 0.4) is 0 Å². The van der Waals surface area contributed by atoms with E-state index in [1.807, 2.05) is 0 Å². The van der Waals surface area contributed by atoms with Crippen LogP contribution in [0.25, 0.3) is 0 Å². The Morgan fingerprint density at radius 3 is 2.94 bits per heavy atom. The highest BCUT2D eigenvalue weighted by Gasteiger charge is 2.25. The molecule has 0 spiro atoms. The fourth-order valence-corrected chi connectivity index (χ4v) is 2.79. The first kappa shape index (κ1) is 12.1. The van der Waals surface area contributed by atoms with Crippen LogP contribution in [0, 0.1) is 0 Å². The van der Waals surface area contributed by atoms with Gasteiger partial charge in [-0.15, -0.1) is 0 Å². The fourth-order valence-electron chi connectivity index (χ4n) is 2.79. The summed E-state index contributed by atoms with van der Waals surface area (Å²) in [4.78, 5) is 9.64. The van der Waals surface area contributed by atoms with Gasteiger partial charge < -0.3 is 10.1 Å². The quantitative estimate of drug-likeness (QED) is 0.865. The molecule has 3 heterocycles. The second-order valence-corrected chi connectivity index (χ2v) is 5.53. The van der Waals surface area contributed by atoms with E-state index in [0.717, 1.165) is 45.0 Å². The Bertz CT molecular complexity index is 439. The van der Waals surface area contributed by atoms with Gasteiger partial charge in [-0.2, -0.15) is 0 Å². The predicted octanol–water partition coefficient (Wildman–Crippen LogP) is 1.75. The van der Waals surface area contributed by atoms with Crippen molar-refractivity contribution >= 4 is 0 Å². The number of nitrogens with zero attached hydrogens (tertiary/aromatic N) is 2. The first-order chi connectivity index (χ1) is 8.75. The van der Waals surface area contributed by atoms with Crippen molar-refractivity contribution < 1.29 is 4.74 Å². The molecule has 3 rings (SSSR count). The van der Waals surface area contributed by atoms with Crippen molar-refractivity contribution in [2.45, 2.75) is 45.1 Å². The van der Waals surface area contributed by atoms with Crippen molar-refractivity contribution in [3.05, 3.63) is 22.8 Å². The molecule has 1 atom stereocenters. The molecular weight excluding hydrogens is 226 g/mol. The highest BCUT2D eigenvalue weighted by molar-refractivity contribution is 5.31. The SMILES string of the molecule is CC(C)c1nc(C2CCOC2)nc2c1CNCC2. The van der Waals surface area contributed by atoms with Gasteiger partial charge in [-0.3, -0.25) is 0 Å². The molecule has 1 saturated heterocycles. The average Bonchev–Trinajstić information content (AvgIpc) is 2.91. The maximum absolute atomic E-state index is 5.46. The largest absolute Gasteiger partial charge is 0.381 e. The van der Waals surface area contributed by atoms with Crippen molar-refractivity contribution in [1.29, 1.82) is 0 Å². The monoisotopic (exact) mass is 247 g/mol. The molecule has 0 radical (unpaired) electrons. The molecule has 2 aliphatic rings. The molecule has 1 aromatic rings. The molecule has 4 heteroatoms. The van der Waals surface area contributed by atoms with E-state index in [1.165, 1.54) is 17.0 Å². The molecule has 0 aliphatic carbocycles. The Hall–Kier alpha value is -1.00. The molecule has 2 aliphatic heterocycles. The standard InChI is InChI=1S/C14H21N3O/c1-9(2)13-11-7-15-5-3-12(11)16-14(17-13)10-4-6-18-8-10/h9-10,15H,3-8H2,1-2H3. The van der Waals surface area contributed by atoms with Gasteiger partial charge in [-0.1, -0.05) is 13.8 Å². The Morgan fingerprint density at radius 1 is 1.33 bits per heavy atom. The molecule has 1 unspecified atom stereocenters. The van der Waals surface area contributed by atoms with Gasteiger partial charge in [0.2, 0.25) is 0 Å². The van der Waals surface area contributed by atoms with Gasteiger partial charge in [-0.25, -0.2) is 9.97 Å². The molecule has 18 heavy (non-hydrogen) atoms. The summed E-state index contributed by atoms with van der Waals surface area (Å²) in [5, 5.41) is 3.42. The van der Waals surface area contributed by atoms with E-state index in [1.54, 1.807) is 0 Å². The van der Waals surface area contributed by atoms with Crippen molar-refractivity contribution in [3.8, 4) is 0 Å². The van der Waals surface area contributed by atoms with Crippen LogP contribution in [0.1, 0.15) is 54.9 Å². The second-order valence-electron chi connectivity index (χ2n) is 5.53. The first-order valence-electron chi connectivity index (χ1n) is 6.93. The summed E-state index contributed by atoms with van der Waals surface area (Å²) < 4.78 is 5.46. The lowest BCUT2D eigenvalue weighted by atomic mass is 9.97. The van der Waals surface area contributed by atoms with Gasteiger partial charge >= 0.3 is 0 Å². The van der Waals surface area contributed by atoms with E-state index in [2.05, 4.69) is 19.2 Å².